The second-order valence-electron chi connectivity index (χ2n) is 13.2. The Morgan fingerprint density at radius 2 is 0.980 bits per heavy atom. The van der Waals surface area contributed by atoms with Crippen LogP contribution in [0.2, 0.25) is 0 Å². The van der Waals surface area contributed by atoms with Crippen LogP contribution in [0.5, 0.6) is 0 Å². The molecular formula is C48H37NSi. The fourth-order valence-electron chi connectivity index (χ4n) is 8.18. The summed E-state index contributed by atoms with van der Waals surface area (Å²) >= 11 is 0. The first-order valence-corrected chi connectivity index (χ1v) is 19.6. The van der Waals surface area contributed by atoms with Gasteiger partial charge in [0.2, 0.25) is 0 Å². The van der Waals surface area contributed by atoms with E-state index in [2.05, 4.69) is 205 Å². The number of nitrogens with zero attached hydrogens (tertiary/aromatic N) is 1. The van der Waals surface area contributed by atoms with Gasteiger partial charge in [0.15, 0.2) is 8.07 Å². The number of para-hydroxylation sites is 2. The molecule has 8 aromatic rings. The molecule has 7 aromatic carbocycles. The molecule has 238 valence electrons. The molecule has 0 N–H and O–H groups in total. The number of hydrogen-bond donors (Lipinski definition) is 0. The lowest BCUT2D eigenvalue weighted by Gasteiger charge is -2.36. The SMILES string of the molecule is C1=CCCC(n2c3ccccc3c3cccc([Si](c4ccccc4)(c4ccccc4)c4cc(-c5ccccc5)cc(-c5ccccc5)c4)c32)=C1. The second-order valence-corrected chi connectivity index (χ2v) is 17.0. The summed E-state index contributed by atoms with van der Waals surface area (Å²) in [6, 6.07) is 67.9. The van der Waals surface area contributed by atoms with Gasteiger partial charge in [-0.2, -0.15) is 0 Å². The van der Waals surface area contributed by atoms with Crippen LogP contribution in [0.15, 0.2) is 200 Å². The van der Waals surface area contributed by atoms with E-state index in [-0.39, 0.29) is 0 Å². The molecule has 9 rings (SSSR count). The summed E-state index contributed by atoms with van der Waals surface area (Å²) in [6.07, 6.45) is 8.89. The molecular weight excluding hydrogens is 619 g/mol. The van der Waals surface area contributed by atoms with Gasteiger partial charge in [0.25, 0.3) is 0 Å². The summed E-state index contributed by atoms with van der Waals surface area (Å²) < 4.78 is 2.59. The van der Waals surface area contributed by atoms with Gasteiger partial charge in [-0.15, -0.1) is 0 Å². The Labute approximate surface area is 295 Å². The van der Waals surface area contributed by atoms with Crippen molar-refractivity contribution in [2.24, 2.45) is 0 Å². The van der Waals surface area contributed by atoms with Crippen molar-refractivity contribution in [3.05, 3.63) is 200 Å². The van der Waals surface area contributed by atoms with Crippen LogP contribution < -0.4 is 20.7 Å². The normalized spacial score (nSPS) is 13.1. The highest BCUT2D eigenvalue weighted by Crippen LogP contribution is 2.35. The number of benzene rings is 7. The van der Waals surface area contributed by atoms with E-state index >= 15 is 0 Å². The number of aromatic nitrogens is 1. The topological polar surface area (TPSA) is 4.93 Å². The van der Waals surface area contributed by atoms with Crippen molar-refractivity contribution in [3.8, 4) is 22.3 Å². The Hall–Kier alpha value is -5.96. The molecule has 0 atom stereocenters. The Bertz CT molecular complexity index is 2410. The molecule has 1 nitrogen and oxygen atoms in total. The van der Waals surface area contributed by atoms with Crippen molar-refractivity contribution >= 4 is 56.3 Å². The third-order valence-corrected chi connectivity index (χ3v) is 15.1. The quantitative estimate of drug-likeness (QED) is 0.119. The molecule has 0 amide bonds. The van der Waals surface area contributed by atoms with Crippen molar-refractivity contribution < 1.29 is 0 Å². The molecule has 0 radical (unpaired) electrons. The van der Waals surface area contributed by atoms with Crippen LogP contribution in [0, 0.1) is 0 Å². The van der Waals surface area contributed by atoms with Crippen LogP contribution in [0.25, 0.3) is 49.8 Å². The van der Waals surface area contributed by atoms with Gasteiger partial charge in [-0.05, 0) is 74.1 Å². The molecule has 0 aliphatic heterocycles. The minimum Gasteiger partial charge on any atom is -0.313 e. The summed E-state index contributed by atoms with van der Waals surface area (Å²) in [5.41, 5.74) is 8.85. The monoisotopic (exact) mass is 655 g/mol. The van der Waals surface area contributed by atoms with Crippen LogP contribution >= 0.6 is 0 Å². The Kier molecular flexibility index (Phi) is 7.72. The second kappa shape index (κ2) is 12.8. The van der Waals surface area contributed by atoms with E-state index in [1.807, 2.05) is 0 Å². The van der Waals surface area contributed by atoms with Crippen LogP contribution in [0.1, 0.15) is 12.8 Å². The van der Waals surface area contributed by atoms with Gasteiger partial charge in [-0.3, -0.25) is 0 Å². The number of fused-ring (bicyclic) bond motifs is 3. The Balaban J connectivity index is 1.49. The smallest absolute Gasteiger partial charge is 0.181 e. The van der Waals surface area contributed by atoms with Crippen molar-refractivity contribution in [1.82, 2.24) is 4.57 Å². The zero-order valence-electron chi connectivity index (χ0n) is 27.9. The van der Waals surface area contributed by atoms with E-state index in [0.29, 0.717) is 0 Å². The molecule has 0 saturated heterocycles. The number of rotatable bonds is 7. The van der Waals surface area contributed by atoms with E-state index in [9.17, 15) is 0 Å². The molecule has 1 heterocycles. The predicted molar refractivity (Wildman–Crippen MR) is 217 cm³/mol. The first-order chi connectivity index (χ1) is 24.8. The van der Waals surface area contributed by atoms with Crippen molar-refractivity contribution in [2.75, 3.05) is 0 Å². The van der Waals surface area contributed by atoms with Crippen molar-refractivity contribution in [2.45, 2.75) is 12.8 Å². The van der Waals surface area contributed by atoms with Crippen LogP contribution in [-0.4, -0.2) is 12.6 Å². The van der Waals surface area contributed by atoms with E-state index in [1.54, 1.807) is 0 Å². The Morgan fingerprint density at radius 1 is 0.440 bits per heavy atom. The summed E-state index contributed by atoms with van der Waals surface area (Å²) in [5, 5.41) is 8.13. The number of allylic oxidation sites excluding steroid dienone is 4. The minimum absolute atomic E-state index is 1.01. The van der Waals surface area contributed by atoms with Gasteiger partial charge in [0.05, 0.1) is 11.0 Å². The molecule has 0 saturated carbocycles. The maximum absolute atomic E-state index is 3.02. The van der Waals surface area contributed by atoms with Gasteiger partial charge in [0, 0.05) is 16.5 Å². The number of hydrogen-bond acceptors (Lipinski definition) is 0. The fraction of sp³-hybridized carbons (Fsp3) is 0.0417. The van der Waals surface area contributed by atoms with Crippen LogP contribution in [-0.2, 0) is 0 Å². The van der Waals surface area contributed by atoms with Gasteiger partial charge in [0.1, 0.15) is 0 Å². The highest BCUT2D eigenvalue weighted by atomic mass is 28.3. The molecule has 0 spiro atoms. The van der Waals surface area contributed by atoms with Crippen molar-refractivity contribution in [1.29, 1.82) is 0 Å². The maximum atomic E-state index is 2.59. The van der Waals surface area contributed by atoms with Gasteiger partial charge in [-0.25, -0.2) is 0 Å². The van der Waals surface area contributed by atoms with E-state index < -0.39 is 8.07 Å². The van der Waals surface area contributed by atoms with E-state index in [0.717, 1.165) is 12.8 Å². The predicted octanol–water partition coefficient (Wildman–Crippen LogP) is 9.70. The van der Waals surface area contributed by atoms with Gasteiger partial charge >= 0.3 is 0 Å². The lowest BCUT2D eigenvalue weighted by atomic mass is 9.99. The molecule has 1 aliphatic rings. The third-order valence-electron chi connectivity index (χ3n) is 10.4. The van der Waals surface area contributed by atoms with Crippen molar-refractivity contribution in [3.63, 3.8) is 0 Å². The van der Waals surface area contributed by atoms with Crippen LogP contribution in [0.3, 0.4) is 0 Å². The highest BCUT2D eigenvalue weighted by molar-refractivity contribution is 7.20. The Morgan fingerprint density at radius 3 is 1.56 bits per heavy atom. The fourth-order valence-corrected chi connectivity index (χ4v) is 13.2. The molecule has 1 aromatic heterocycles. The molecule has 0 bridgehead atoms. The zero-order chi connectivity index (χ0) is 33.3. The highest BCUT2D eigenvalue weighted by Gasteiger charge is 2.44. The molecule has 2 heteroatoms. The first kappa shape index (κ1) is 30.1. The van der Waals surface area contributed by atoms with E-state index in [4.69, 9.17) is 0 Å². The minimum atomic E-state index is -3.02. The molecule has 1 aliphatic carbocycles. The third kappa shape index (κ3) is 5.00. The van der Waals surface area contributed by atoms with Crippen LogP contribution in [0.4, 0.5) is 0 Å². The molecule has 0 unspecified atom stereocenters. The summed E-state index contributed by atoms with van der Waals surface area (Å²) in [6.45, 7) is 0. The summed E-state index contributed by atoms with van der Waals surface area (Å²) in [5.74, 6) is 0. The standard InChI is InChI=1S/C48H37NSi/c1-6-19-36(20-7-1)38-33-39(37-21-8-2-9-22-37)35-43(34-38)50(41-25-12-4-13-26-41,42-27-14-5-15-28-42)47-32-18-30-45-44-29-16-17-31-46(44)49(48(45)47)40-23-10-3-11-24-40/h1-10,12-23,25-35H,11,24H2. The van der Waals surface area contributed by atoms with Gasteiger partial charge in [-0.1, -0.05) is 182 Å². The lowest BCUT2D eigenvalue weighted by molar-refractivity contribution is 0.980. The first-order valence-electron chi connectivity index (χ1n) is 17.6. The average Bonchev–Trinajstić information content (AvgIpc) is 3.55. The zero-order valence-corrected chi connectivity index (χ0v) is 28.9. The maximum Gasteiger partial charge on any atom is 0.181 e. The summed E-state index contributed by atoms with van der Waals surface area (Å²) in [7, 11) is -3.02. The molecule has 0 fully saturated rings. The largest absolute Gasteiger partial charge is 0.313 e. The summed E-state index contributed by atoms with van der Waals surface area (Å²) in [4.78, 5) is 0. The molecule has 50 heavy (non-hydrogen) atoms. The van der Waals surface area contributed by atoms with Gasteiger partial charge < -0.3 is 4.57 Å². The lowest BCUT2D eigenvalue weighted by Crippen LogP contribution is -2.75. The van der Waals surface area contributed by atoms with E-state index in [1.165, 1.54) is 70.5 Å². The average molecular weight is 656 g/mol.